The Morgan fingerprint density at radius 1 is 0.815 bits per heavy atom. The number of benzene rings is 3. The molecule has 4 nitrogen and oxygen atoms in total. The smallest absolute Gasteiger partial charge is 0.150 e. The fraction of sp³-hybridized carbons (Fsp3) is 0.130. The van der Waals surface area contributed by atoms with E-state index in [-0.39, 0.29) is 5.75 Å². The number of rotatable bonds is 5. The van der Waals surface area contributed by atoms with Gasteiger partial charge in [0.05, 0.1) is 0 Å². The summed E-state index contributed by atoms with van der Waals surface area (Å²) >= 11 is 0. The standard InChI is InChI=1S/C15H14O2.C8H8O2/c1-12-9-14(10-16)7-8-15(12)17-11-13-5-3-2-4-6-13;1-6-4-7(5-9)2-3-8(6)10/h2-10H,11H2,1H3;2-5,10H,1H3. The Morgan fingerprint density at radius 3 is 1.96 bits per heavy atom. The molecule has 3 aromatic carbocycles. The van der Waals surface area contributed by atoms with E-state index in [0.29, 0.717) is 17.7 Å². The van der Waals surface area contributed by atoms with Crippen LogP contribution in [0.4, 0.5) is 0 Å². The maximum atomic E-state index is 10.6. The second-order valence-electron chi connectivity index (χ2n) is 6.08. The molecule has 1 N–H and O–H groups in total. The van der Waals surface area contributed by atoms with Gasteiger partial charge < -0.3 is 9.84 Å². The van der Waals surface area contributed by atoms with Crippen LogP contribution in [-0.4, -0.2) is 17.7 Å². The highest BCUT2D eigenvalue weighted by Gasteiger charge is 2.01. The monoisotopic (exact) mass is 362 g/mol. The molecule has 0 fully saturated rings. The Morgan fingerprint density at radius 2 is 1.41 bits per heavy atom. The molecule has 0 bridgehead atoms. The van der Waals surface area contributed by atoms with Crippen LogP contribution in [0.25, 0.3) is 0 Å². The molecule has 0 amide bonds. The number of ether oxygens (including phenoxy) is 1. The first-order valence-corrected chi connectivity index (χ1v) is 8.51. The number of carbonyl (C=O) groups excluding carboxylic acids is 2. The van der Waals surface area contributed by atoms with Gasteiger partial charge in [0.15, 0.2) is 0 Å². The molecule has 0 aliphatic rings. The molecule has 138 valence electrons. The van der Waals surface area contributed by atoms with Gasteiger partial charge in [-0.3, -0.25) is 9.59 Å². The van der Waals surface area contributed by atoms with Crippen LogP contribution in [0.2, 0.25) is 0 Å². The molecule has 3 rings (SSSR count). The average molecular weight is 362 g/mol. The van der Waals surface area contributed by atoms with E-state index in [2.05, 4.69) is 0 Å². The molecular weight excluding hydrogens is 340 g/mol. The fourth-order valence-corrected chi connectivity index (χ4v) is 2.40. The Hall–Kier alpha value is -3.40. The highest BCUT2D eigenvalue weighted by molar-refractivity contribution is 5.76. The van der Waals surface area contributed by atoms with E-state index in [9.17, 15) is 9.59 Å². The van der Waals surface area contributed by atoms with Crippen LogP contribution in [0.15, 0.2) is 66.7 Å². The van der Waals surface area contributed by atoms with Crippen molar-refractivity contribution in [1.82, 2.24) is 0 Å². The Kier molecular flexibility index (Phi) is 7.32. The highest BCUT2D eigenvalue weighted by Crippen LogP contribution is 2.19. The summed E-state index contributed by atoms with van der Waals surface area (Å²) in [4.78, 5) is 20.8. The van der Waals surface area contributed by atoms with Gasteiger partial charge in [0.1, 0.15) is 30.7 Å². The predicted molar refractivity (Wildman–Crippen MR) is 106 cm³/mol. The third kappa shape index (κ3) is 6.12. The van der Waals surface area contributed by atoms with E-state index >= 15 is 0 Å². The number of aldehydes is 2. The molecular formula is C23H22O4. The molecule has 0 saturated carbocycles. The maximum absolute atomic E-state index is 10.6. The summed E-state index contributed by atoms with van der Waals surface area (Å²) in [6, 6.07) is 20.2. The lowest BCUT2D eigenvalue weighted by Gasteiger charge is -2.09. The molecule has 0 heterocycles. The quantitative estimate of drug-likeness (QED) is 0.656. The zero-order valence-electron chi connectivity index (χ0n) is 15.4. The number of phenolic OH excluding ortho intramolecular Hbond substituents is 1. The normalized spacial score (nSPS) is 9.70. The van der Waals surface area contributed by atoms with Gasteiger partial charge in [0.2, 0.25) is 0 Å². The van der Waals surface area contributed by atoms with Crippen LogP contribution in [0, 0.1) is 13.8 Å². The van der Waals surface area contributed by atoms with Crippen LogP contribution >= 0.6 is 0 Å². The Balaban J connectivity index is 0.000000223. The lowest BCUT2D eigenvalue weighted by atomic mass is 10.1. The third-order valence-corrected chi connectivity index (χ3v) is 3.93. The van der Waals surface area contributed by atoms with Crippen molar-refractivity contribution in [2.24, 2.45) is 0 Å². The summed E-state index contributed by atoms with van der Waals surface area (Å²) in [5.74, 6) is 1.05. The van der Waals surface area contributed by atoms with Gasteiger partial charge in [0, 0.05) is 11.1 Å². The zero-order chi connectivity index (χ0) is 19.6. The summed E-state index contributed by atoms with van der Waals surface area (Å²) in [6.07, 6.45) is 1.60. The van der Waals surface area contributed by atoms with E-state index in [1.54, 1.807) is 25.1 Å². The largest absolute Gasteiger partial charge is 0.508 e. The van der Waals surface area contributed by atoms with Crippen molar-refractivity contribution in [3.8, 4) is 11.5 Å². The minimum absolute atomic E-state index is 0.227. The average Bonchev–Trinajstić information content (AvgIpc) is 2.70. The number of phenols is 1. The number of aryl methyl sites for hydroxylation is 2. The Bertz CT molecular complexity index is 902. The molecule has 0 aromatic heterocycles. The van der Waals surface area contributed by atoms with E-state index in [4.69, 9.17) is 9.84 Å². The first-order chi connectivity index (χ1) is 13.0. The van der Waals surface area contributed by atoms with Crippen molar-refractivity contribution < 1.29 is 19.4 Å². The van der Waals surface area contributed by atoms with Crippen molar-refractivity contribution in [3.05, 3.63) is 94.5 Å². The molecule has 0 atom stereocenters. The van der Waals surface area contributed by atoms with Gasteiger partial charge in [-0.05, 0) is 66.9 Å². The minimum atomic E-state index is 0.227. The fourth-order valence-electron chi connectivity index (χ4n) is 2.40. The summed E-state index contributed by atoms with van der Waals surface area (Å²) in [5, 5.41) is 9.02. The number of hydrogen-bond acceptors (Lipinski definition) is 4. The second kappa shape index (κ2) is 9.92. The number of carbonyl (C=O) groups is 2. The molecule has 0 aliphatic carbocycles. The molecule has 27 heavy (non-hydrogen) atoms. The first kappa shape index (κ1) is 19.9. The van der Waals surface area contributed by atoms with Crippen LogP contribution in [-0.2, 0) is 6.61 Å². The van der Waals surface area contributed by atoms with Gasteiger partial charge in [-0.15, -0.1) is 0 Å². The highest BCUT2D eigenvalue weighted by atomic mass is 16.5. The van der Waals surface area contributed by atoms with Crippen LogP contribution in [0.1, 0.15) is 37.4 Å². The zero-order valence-corrected chi connectivity index (χ0v) is 15.4. The first-order valence-electron chi connectivity index (χ1n) is 8.51. The van der Waals surface area contributed by atoms with Crippen LogP contribution < -0.4 is 4.74 Å². The van der Waals surface area contributed by atoms with Crippen LogP contribution in [0.3, 0.4) is 0 Å². The summed E-state index contributed by atoms with van der Waals surface area (Å²) in [5.41, 5.74) is 4.10. The van der Waals surface area contributed by atoms with Gasteiger partial charge >= 0.3 is 0 Å². The van der Waals surface area contributed by atoms with Crippen molar-refractivity contribution >= 4 is 12.6 Å². The molecule has 0 radical (unpaired) electrons. The minimum Gasteiger partial charge on any atom is -0.508 e. The van der Waals surface area contributed by atoms with E-state index in [1.807, 2.05) is 49.4 Å². The Labute approximate surface area is 159 Å². The maximum Gasteiger partial charge on any atom is 0.150 e. The summed E-state index contributed by atoms with van der Waals surface area (Å²) in [7, 11) is 0. The molecule has 4 heteroatoms. The van der Waals surface area contributed by atoms with Crippen molar-refractivity contribution in [2.45, 2.75) is 20.5 Å². The van der Waals surface area contributed by atoms with Gasteiger partial charge in [0.25, 0.3) is 0 Å². The van der Waals surface area contributed by atoms with E-state index in [0.717, 1.165) is 35.0 Å². The van der Waals surface area contributed by atoms with E-state index in [1.165, 1.54) is 6.07 Å². The summed E-state index contributed by atoms with van der Waals surface area (Å²) in [6.45, 7) is 4.23. The van der Waals surface area contributed by atoms with Crippen LogP contribution in [0.5, 0.6) is 11.5 Å². The second-order valence-corrected chi connectivity index (χ2v) is 6.08. The third-order valence-electron chi connectivity index (χ3n) is 3.93. The molecule has 0 spiro atoms. The SMILES string of the molecule is Cc1cc(C=O)ccc1O.Cc1cc(C=O)ccc1OCc1ccccc1. The topological polar surface area (TPSA) is 63.6 Å². The molecule has 0 unspecified atom stereocenters. The van der Waals surface area contributed by atoms with Crippen molar-refractivity contribution in [3.63, 3.8) is 0 Å². The van der Waals surface area contributed by atoms with Gasteiger partial charge in [-0.25, -0.2) is 0 Å². The van der Waals surface area contributed by atoms with Gasteiger partial charge in [-0.1, -0.05) is 30.3 Å². The van der Waals surface area contributed by atoms with Crippen molar-refractivity contribution in [2.75, 3.05) is 0 Å². The predicted octanol–water partition coefficient (Wildman–Crippen LogP) is 4.90. The number of aromatic hydroxyl groups is 1. The number of hydrogen-bond donors (Lipinski definition) is 1. The van der Waals surface area contributed by atoms with E-state index < -0.39 is 0 Å². The summed E-state index contributed by atoms with van der Waals surface area (Å²) < 4.78 is 5.71. The van der Waals surface area contributed by atoms with Gasteiger partial charge in [-0.2, -0.15) is 0 Å². The lowest BCUT2D eigenvalue weighted by molar-refractivity contribution is 0.111. The lowest BCUT2D eigenvalue weighted by Crippen LogP contribution is -1.97. The molecule has 0 aliphatic heterocycles. The molecule has 3 aromatic rings. The molecule has 0 saturated heterocycles. The van der Waals surface area contributed by atoms with Crippen molar-refractivity contribution in [1.29, 1.82) is 0 Å².